The van der Waals surface area contributed by atoms with Gasteiger partial charge in [-0.2, -0.15) is 0 Å². The van der Waals surface area contributed by atoms with Crippen molar-refractivity contribution in [3.05, 3.63) is 41.7 Å². The SMILES string of the molecule is CCCCC[C@@H](C(=O)NCNC(=O)c1ccc(-c2ccc(C(=O)OCC)c(N(C)C)c2)o1)[C@@H](CC)N(O)C=O. The molecule has 214 valence electrons. The van der Waals surface area contributed by atoms with E-state index in [9.17, 15) is 24.4 Å². The number of carbonyl (C=O) groups is 4. The summed E-state index contributed by atoms with van der Waals surface area (Å²) in [5.41, 5.74) is 1.73. The van der Waals surface area contributed by atoms with E-state index in [1.165, 1.54) is 6.07 Å². The van der Waals surface area contributed by atoms with E-state index in [-0.39, 0.29) is 24.9 Å². The lowest BCUT2D eigenvalue weighted by molar-refractivity contribution is -0.168. The summed E-state index contributed by atoms with van der Waals surface area (Å²) in [6.45, 7) is 5.69. The maximum atomic E-state index is 12.9. The van der Waals surface area contributed by atoms with Crippen LogP contribution in [0.5, 0.6) is 0 Å². The zero-order valence-electron chi connectivity index (χ0n) is 23.4. The van der Waals surface area contributed by atoms with Crippen molar-refractivity contribution in [2.24, 2.45) is 5.92 Å². The summed E-state index contributed by atoms with van der Waals surface area (Å²) < 4.78 is 10.9. The van der Waals surface area contributed by atoms with Crippen molar-refractivity contribution >= 4 is 29.9 Å². The number of hydroxylamine groups is 2. The number of esters is 1. The summed E-state index contributed by atoms with van der Waals surface area (Å²) in [7, 11) is 3.62. The predicted molar refractivity (Wildman–Crippen MR) is 146 cm³/mol. The fourth-order valence-corrected chi connectivity index (χ4v) is 4.33. The van der Waals surface area contributed by atoms with Gasteiger partial charge in [0.2, 0.25) is 12.3 Å². The number of unbranched alkanes of at least 4 members (excludes halogenated alkanes) is 2. The highest BCUT2D eigenvalue weighted by Gasteiger charge is 2.30. The minimum atomic E-state index is -0.662. The van der Waals surface area contributed by atoms with Crippen molar-refractivity contribution in [1.82, 2.24) is 15.7 Å². The Morgan fingerprint density at radius 3 is 2.44 bits per heavy atom. The minimum absolute atomic E-state index is 0.0496. The van der Waals surface area contributed by atoms with Gasteiger partial charge in [0.05, 0.1) is 36.5 Å². The van der Waals surface area contributed by atoms with Gasteiger partial charge in [-0.1, -0.05) is 39.2 Å². The summed E-state index contributed by atoms with van der Waals surface area (Å²) in [5.74, 6) is -1.45. The van der Waals surface area contributed by atoms with Crippen LogP contribution in [-0.2, 0) is 14.3 Å². The fourth-order valence-electron chi connectivity index (χ4n) is 4.33. The van der Waals surface area contributed by atoms with Crippen molar-refractivity contribution in [3.8, 4) is 11.3 Å². The van der Waals surface area contributed by atoms with Gasteiger partial charge in [-0.05, 0) is 44.0 Å². The van der Waals surface area contributed by atoms with E-state index in [0.29, 0.717) is 46.9 Å². The van der Waals surface area contributed by atoms with Crippen LogP contribution in [0.25, 0.3) is 11.3 Å². The molecule has 2 rings (SSSR count). The van der Waals surface area contributed by atoms with Gasteiger partial charge in [-0.25, -0.2) is 9.86 Å². The molecule has 2 atom stereocenters. The number of carbonyl (C=O) groups excluding carboxylic acids is 4. The standard InChI is InChI=1S/C28H40N4O7/c1-6-9-10-11-20(22(7-2)32(37)18-33)26(34)29-17-30-27(35)25-15-14-24(39-25)19-12-13-21(28(36)38-8-3)23(16-19)31(4)5/h12-16,18,20,22,37H,6-11,17H2,1-5H3,(H,29,34)(H,30,35)/t20-,22-/m1/s1. The smallest absolute Gasteiger partial charge is 0.340 e. The zero-order chi connectivity index (χ0) is 28.9. The van der Waals surface area contributed by atoms with Crippen LogP contribution in [0.1, 0.15) is 73.8 Å². The number of furan rings is 1. The molecule has 0 aliphatic rings. The lowest BCUT2D eigenvalue weighted by Gasteiger charge is -2.29. The molecule has 3 amide bonds. The van der Waals surface area contributed by atoms with Crippen LogP contribution < -0.4 is 15.5 Å². The number of amides is 3. The maximum absolute atomic E-state index is 12.9. The molecule has 11 nitrogen and oxygen atoms in total. The Morgan fingerprint density at radius 2 is 1.82 bits per heavy atom. The molecule has 0 fully saturated rings. The van der Waals surface area contributed by atoms with Gasteiger partial charge in [-0.3, -0.25) is 19.6 Å². The predicted octanol–water partition coefficient (Wildman–Crippen LogP) is 3.82. The van der Waals surface area contributed by atoms with E-state index >= 15 is 0 Å². The number of anilines is 1. The molecule has 1 heterocycles. The molecule has 0 unspecified atom stereocenters. The van der Waals surface area contributed by atoms with Gasteiger partial charge < -0.3 is 24.7 Å². The molecular formula is C28H40N4O7. The van der Waals surface area contributed by atoms with E-state index in [2.05, 4.69) is 10.6 Å². The van der Waals surface area contributed by atoms with Gasteiger partial charge in [0.1, 0.15) is 5.76 Å². The molecule has 0 radical (unpaired) electrons. The molecule has 2 aromatic rings. The highest BCUT2D eigenvalue weighted by atomic mass is 16.5. The summed E-state index contributed by atoms with van der Waals surface area (Å²) >= 11 is 0. The average Bonchev–Trinajstić information content (AvgIpc) is 3.42. The van der Waals surface area contributed by atoms with Crippen LogP contribution in [0.3, 0.4) is 0 Å². The molecule has 0 aliphatic heterocycles. The molecule has 3 N–H and O–H groups in total. The van der Waals surface area contributed by atoms with Crippen molar-refractivity contribution in [2.45, 2.75) is 58.9 Å². The second kappa shape index (κ2) is 15.5. The molecule has 0 saturated carbocycles. The topological polar surface area (TPSA) is 141 Å². The average molecular weight is 545 g/mol. The zero-order valence-corrected chi connectivity index (χ0v) is 23.4. The van der Waals surface area contributed by atoms with Gasteiger partial charge in [0.25, 0.3) is 5.91 Å². The highest BCUT2D eigenvalue weighted by Crippen LogP contribution is 2.29. The second-order valence-electron chi connectivity index (χ2n) is 9.30. The molecule has 0 saturated heterocycles. The van der Waals surface area contributed by atoms with Crippen LogP contribution in [0.2, 0.25) is 0 Å². The van der Waals surface area contributed by atoms with Crippen molar-refractivity contribution in [3.63, 3.8) is 0 Å². The number of rotatable bonds is 16. The largest absolute Gasteiger partial charge is 0.462 e. The van der Waals surface area contributed by atoms with Crippen molar-refractivity contribution < 1.29 is 33.5 Å². The van der Waals surface area contributed by atoms with Crippen molar-refractivity contribution in [2.75, 3.05) is 32.3 Å². The molecule has 1 aromatic heterocycles. The minimum Gasteiger partial charge on any atom is -0.462 e. The quantitative estimate of drug-likeness (QED) is 0.0723. The summed E-state index contributed by atoms with van der Waals surface area (Å²) in [5, 5.41) is 15.8. The number of nitrogens with zero attached hydrogens (tertiary/aromatic N) is 2. The Bertz CT molecular complexity index is 1120. The van der Waals surface area contributed by atoms with Crippen molar-refractivity contribution in [1.29, 1.82) is 0 Å². The van der Waals surface area contributed by atoms with E-state index in [4.69, 9.17) is 9.15 Å². The third kappa shape index (κ3) is 8.57. The molecule has 11 heteroatoms. The van der Waals surface area contributed by atoms with Gasteiger partial charge >= 0.3 is 5.97 Å². The fraction of sp³-hybridized carbons (Fsp3) is 0.500. The van der Waals surface area contributed by atoms with Crippen LogP contribution >= 0.6 is 0 Å². The van der Waals surface area contributed by atoms with E-state index in [1.807, 2.05) is 21.0 Å². The first-order valence-corrected chi connectivity index (χ1v) is 13.2. The third-order valence-electron chi connectivity index (χ3n) is 6.39. The Balaban J connectivity index is 2.07. The highest BCUT2D eigenvalue weighted by molar-refractivity contribution is 5.97. The number of ether oxygens (including phenoxy) is 1. The summed E-state index contributed by atoms with van der Waals surface area (Å²) in [6.07, 6.45) is 3.87. The molecule has 39 heavy (non-hydrogen) atoms. The normalized spacial score (nSPS) is 12.3. The van der Waals surface area contributed by atoms with E-state index in [0.717, 1.165) is 19.3 Å². The van der Waals surface area contributed by atoms with Crippen LogP contribution in [0.4, 0.5) is 5.69 Å². The molecule has 0 bridgehead atoms. The molecular weight excluding hydrogens is 504 g/mol. The number of nitrogens with one attached hydrogen (secondary N) is 2. The lowest BCUT2D eigenvalue weighted by Crippen LogP contribution is -2.47. The Hall–Kier alpha value is -3.86. The first-order valence-electron chi connectivity index (χ1n) is 13.2. The Kier molecular flexibility index (Phi) is 12.5. The number of hydrogen-bond acceptors (Lipinski definition) is 8. The van der Waals surface area contributed by atoms with Gasteiger partial charge in [0.15, 0.2) is 5.76 Å². The third-order valence-corrected chi connectivity index (χ3v) is 6.39. The van der Waals surface area contributed by atoms with Crippen LogP contribution in [0, 0.1) is 5.92 Å². The van der Waals surface area contributed by atoms with Crippen LogP contribution in [-0.4, -0.2) is 67.9 Å². The van der Waals surface area contributed by atoms with Gasteiger partial charge in [0, 0.05) is 19.7 Å². The molecule has 0 spiro atoms. The molecule has 0 aliphatic carbocycles. The Labute approximate surface area is 229 Å². The maximum Gasteiger partial charge on any atom is 0.340 e. The monoisotopic (exact) mass is 544 g/mol. The second-order valence-corrected chi connectivity index (χ2v) is 9.30. The molecule has 1 aromatic carbocycles. The number of hydrogen-bond donors (Lipinski definition) is 3. The Morgan fingerprint density at radius 1 is 1.08 bits per heavy atom. The van der Waals surface area contributed by atoms with Gasteiger partial charge in [-0.15, -0.1) is 0 Å². The van der Waals surface area contributed by atoms with E-state index in [1.54, 1.807) is 43.0 Å². The van der Waals surface area contributed by atoms with Crippen LogP contribution in [0.15, 0.2) is 34.7 Å². The summed E-state index contributed by atoms with van der Waals surface area (Å²) in [4.78, 5) is 50.7. The first-order chi connectivity index (χ1) is 18.7. The van der Waals surface area contributed by atoms with E-state index < -0.39 is 23.8 Å². The lowest BCUT2D eigenvalue weighted by atomic mass is 9.90. The summed E-state index contributed by atoms with van der Waals surface area (Å²) in [6, 6.07) is 7.66. The number of benzene rings is 1. The first kappa shape index (κ1) is 31.4.